The predicted molar refractivity (Wildman–Crippen MR) is 72.6 cm³/mol. The topological polar surface area (TPSA) is 12.0 Å². The molecule has 1 aliphatic rings. The monoisotopic (exact) mass is 281 g/mol. The van der Waals surface area contributed by atoms with Gasteiger partial charge in [-0.25, -0.2) is 0 Å². The Labute approximate surface area is 107 Å². The molecule has 1 saturated carbocycles. The van der Waals surface area contributed by atoms with Gasteiger partial charge in [-0.3, -0.25) is 0 Å². The number of hydrogen-bond donors (Lipinski definition) is 1. The van der Waals surface area contributed by atoms with Crippen LogP contribution in [0.5, 0.6) is 0 Å². The average molecular weight is 282 g/mol. The number of nitrogens with one attached hydrogen (secondary N) is 1. The fourth-order valence-electron chi connectivity index (χ4n) is 2.17. The van der Waals surface area contributed by atoms with E-state index >= 15 is 0 Å². The Bertz CT molecular complexity index is 358. The number of hydrogen-bond acceptors (Lipinski definition) is 1. The van der Waals surface area contributed by atoms with E-state index in [2.05, 4.69) is 53.4 Å². The third-order valence-electron chi connectivity index (χ3n) is 3.49. The first-order valence-electron chi connectivity index (χ1n) is 6.14. The quantitative estimate of drug-likeness (QED) is 0.853. The van der Waals surface area contributed by atoms with Crippen LogP contribution in [0.3, 0.4) is 0 Å². The molecule has 1 unspecified atom stereocenters. The minimum absolute atomic E-state index is 0.521. The summed E-state index contributed by atoms with van der Waals surface area (Å²) in [5.74, 6) is 1.02. The molecule has 0 spiro atoms. The molecule has 1 nitrogen and oxygen atoms in total. The van der Waals surface area contributed by atoms with Crippen LogP contribution < -0.4 is 5.32 Å². The molecule has 0 aliphatic heterocycles. The second kappa shape index (κ2) is 5.33. The van der Waals surface area contributed by atoms with E-state index in [-0.39, 0.29) is 0 Å². The van der Waals surface area contributed by atoms with Crippen molar-refractivity contribution in [1.82, 2.24) is 5.32 Å². The summed E-state index contributed by atoms with van der Waals surface area (Å²) in [7, 11) is 2.06. The summed E-state index contributed by atoms with van der Waals surface area (Å²) in [6.07, 6.45) is 5.55. The molecule has 1 aromatic carbocycles. The minimum Gasteiger partial charge on any atom is -0.313 e. The van der Waals surface area contributed by atoms with Crippen molar-refractivity contribution in [3.05, 3.63) is 33.8 Å². The summed E-state index contributed by atoms with van der Waals surface area (Å²) < 4.78 is 1.20. The van der Waals surface area contributed by atoms with Crippen LogP contribution in [-0.4, -0.2) is 7.05 Å². The van der Waals surface area contributed by atoms with Gasteiger partial charge in [-0.1, -0.05) is 40.9 Å². The van der Waals surface area contributed by atoms with Crippen LogP contribution in [0.4, 0.5) is 0 Å². The van der Waals surface area contributed by atoms with E-state index < -0.39 is 0 Å². The lowest BCUT2D eigenvalue weighted by molar-refractivity contribution is 0.506. The lowest BCUT2D eigenvalue weighted by Crippen LogP contribution is -2.16. The van der Waals surface area contributed by atoms with Crippen LogP contribution in [0.2, 0.25) is 0 Å². The third kappa shape index (κ3) is 3.08. The summed E-state index contributed by atoms with van der Waals surface area (Å²) in [5.41, 5.74) is 2.74. The number of aryl methyl sites for hydroxylation is 1. The van der Waals surface area contributed by atoms with Crippen LogP contribution in [0.1, 0.15) is 42.9 Å². The molecular formula is C14H20BrN. The van der Waals surface area contributed by atoms with Crippen molar-refractivity contribution in [3.63, 3.8) is 0 Å². The molecule has 1 aromatic rings. The lowest BCUT2D eigenvalue weighted by Gasteiger charge is -2.17. The van der Waals surface area contributed by atoms with Gasteiger partial charge in [-0.2, -0.15) is 0 Å². The largest absolute Gasteiger partial charge is 0.313 e. The van der Waals surface area contributed by atoms with Crippen molar-refractivity contribution < 1.29 is 0 Å². The Kier molecular flexibility index (Phi) is 4.04. The first kappa shape index (κ1) is 12.1. The van der Waals surface area contributed by atoms with Crippen LogP contribution in [0.15, 0.2) is 22.7 Å². The highest BCUT2D eigenvalue weighted by molar-refractivity contribution is 9.10. The Morgan fingerprint density at radius 3 is 2.75 bits per heavy atom. The molecule has 0 aromatic heterocycles. The Morgan fingerprint density at radius 1 is 1.44 bits per heavy atom. The molecule has 88 valence electrons. The predicted octanol–water partition coefficient (Wildman–Crippen LogP) is 4.21. The molecule has 0 saturated heterocycles. The molecule has 2 heteroatoms. The van der Waals surface area contributed by atoms with E-state index in [0.717, 1.165) is 5.92 Å². The summed E-state index contributed by atoms with van der Waals surface area (Å²) in [6, 6.07) is 7.20. The highest BCUT2D eigenvalue weighted by atomic mass is 79.9. The van der Waals surface area contributed by atoms with Gasteiger partial charge in [-0.05, 0) is 49.9 Å². The molecule has 16 heavy (non-hydrogen) atoms. The second-order valence-electron chi connectivity index (χ2n) is 4.87. The summed E-state index contributed by atoms with van der Waals surface area (Å²) in [5, 5.41) is 3.43. The normalized spacial score (nSPS) is 17.4. The number of benzene rings is 1. The maximum absolute atomic E-state index is 3.55. The molecule has 1 fully saturated rings. The van der Waals surface area contributed by atoms with Crippen LogP contribution in [0.25, 0.3) is 0 Å². The molecule has 0 bridgehead atoms. The molecule has 0 heterocycles. The van der Waals surface area contributed by atoms with E-state index in [4.69, 9.17) is 0 Å². The SMILES string of the molecule is CNC(CCC1CC1)c1ccc(Br)c(C)c1. The van der Waals surface area contributed by atoms with Crippen molar-refractivity contribution in [2.45, 2.75) is 38.6 Å². The first-order valence-corrected chi connectivity index (χ1v) is 6.93. The number of rotatable bonds is 5. The molecular weight excluding hydrogens is 262 g/mol. The molecule has 0 radical (unpaired) electrons. The standard InChI is InChI=1S/C14H20BrN/c1-10-9-12(6-7-13(10)15)14(16-2)8-5-11-3-4-11/h6-7,9,11,14,16H,3-5,8H2,1-2H3. The van der Waals surface area contributed by atoms with Gasteiger partial charge < -0.3 is 5.32 Å². The zero-order valence-electron chi connectivity index (χ0n) is 10.1. The smallest absolute Gasteiger partial charge is 0.0317 e. The van der Waals surface area contributed by atoms with Gasteiger partial charge in [0.15, 0.2) is 0 Å². The lowest BCUT2D eigenvalue weighted by atomic mass is 9.99. The molecule has 2 rings (SSSR count). The maximum atomic E-state index is 3.55. The summed E-state index contributed by atoms with van der Waals surface area (Å²) >= 11 is 3.55. The van der Waals surface area contributed by atoms with Gasteiger partial charge in [0.25, 0.3) is 0 Å². The van der Waals surface area contributed by atoms with E-state index in [0.29, 0.717) is 6.04 Å². The van der Waals surface area contributed by atoms with Crippen LogP contribution in [0, 0.1) is 12.8 Å². The van der Waals surface area contributed by atoms with E-state index in [1.54, 1.807) is 0 Å². The second-order valence-corrected chi connectivity index (χ2v) is 5.72. The number of halogens is 1. The minimum atomic E-state index is 0.521. The van der Waals surface area contributed by atoms with Gasteiger partial charge in [0.1, 0.15) is 0 Å². The van der Waals surface area contributed by atoms with Gasteiger partial charge in [0, 0.05) is 10.5 Å². The van der Waals surface area contributed by atoms with E-state index in [1.807, 2.05) is 0 Å². The zero-order chi connectivity index (χ0) is 11.5. The third-order valence-corrected chi connectivity index (χ3v) is 4.38. The molecule has 0 amide bonds. The zero-order valence-corrected chi connectivity index (χ0v) is 11.7. The van der Waals surface area contributed by atoms with Gasteiger partial charge in [-0.15, -0.1) is 0 Å². The average Bonchev–Trinajstić information content (AvgIpc) is 3.08. The molecule has 1 N–H and O–H groups in total. The summed E-state index contributed by atoms with van der Waals surface area (Å²) in [6.45, 7) is 2.15. The fourth-order valence-corrected chi connectivity index (χ4v) is 2.42. The van der Waals surface area contributed by atoms with Crippen molar-refractivity contribution in [2.75, 3.05) is 7.05 Å². The van der Waals surface area contributed by atoms with Crippen LogP contribution in [-0.2, 0) is 0 Å². The highest BCUT2D eigenvalue weighted by Crippen LogP contribution is 2.36. The van der Waals surface area contributed by atoms with E-state index in [9.17, 15) is 0 Å². The highest BCUT2D eigenvalue weighted by Gasteiger charge is 2.22. The molecule has 1 atom stereocenters. The Hall–Kier alpha value is -0.340. The fraction of sp³-hybridized carbons (Fsp3) is 0.571. The Morgan fingerprint density at radius 2 is 2.19 bits per heavy atom. The van der Waals surface area contributed by atoms with Crippen molar-refractivity contribution in [2.24, 2.45) is 5.92 Å². The van der Waals surface area contributed by atoms with Crippen molar-refractivity contribution >= 4 is 15.9 Å². The Balaban J connectivity index is 2.02. The van der Waals surface area contributed by atoms with Crippen LogP contribution >= 0.6 is 15.9 Å². The van der Waals surface area contributed by atoms with Crippen molar-refractivity contribution in [3.8, 4) is 0 Å². The molecule has 1 aliphatic carbocycles. The van der Waals surface area contributed by atoms with Crippen molar-refractivity contribution in [1.29, 1.82) is 0 Å². The van der Waals surface area contributed by atoms with Gasteiger partial charge in [0.05, 0.1) is 0 Å². The maximum Gasteiger partial charge on any atom is 0.0317 e. The van der Waals surface area contributed by atoms with E-state index in [1.165, 1.54) is 41.3 Å². The van der Waals surface area contributed by atoms with Gasteiger partial charge in [0.2, 0.25) is 0 Å². The summed E-state index contributed by atoms with van der Waals surface area (Å²) in [4.78, 5) is 0. The van der Waals surface area contributed by atoms with Gasteiger partial charge >= 0.3 is 0 Å². The first-order chi connectivity index (χ1) is 7.70.